The van der Waals surface area contributed by atoms with Gasteiger partial charge in [0.25, 0.3) is 0 Å². The molecule has 11 heteroatoms. The van der Waals surface area contributed by atoms with E-state index < -0.39 is 0 Å². The third kappa shape index (κ3) is 5.01. The van der Waals surface area contributed by atoms with Crippen molar-refractivity contribution in [2.75, 3.05) is 10.6 Å². The number of ether oxygens (including phenoxy) is 1. The molecule has 0 aliphatic rings. The maximum Gasteiger partial charge on any atom is 0.237 e. The zero-order valence-corrected chi connectivity index (χ0v) is 20.5. The highest BCUT2D eigenvalue weighted by molar-refractivity contribution is 6.33. The van der Waals surface area contributed by atoms with Crippen LogP contribution in [0.2, 0.25) is 10.2 Å². The maximum atomic E-state index is 6.29. The molecular weight excluding hydrogens is 487 g/mol. The first-order valence-corrected chi connectivity index (χ1v) is 11.7. The first-order valence-electron chi connectivity index (χ1n) is 11.0. The monoisotopic (exact) mass is 508 g/mol. The molecule has 0 aliphatic carbocycles. The Morgan fingerprint density at radius 1 is 1.06 bits per heavy atom. The highest BCUT2D eigenvalue weighted by Gasteiger charge is 2.12. The molecule has 0 aliphatic heterocycles. The predicted octanol–water partition coefficient (Wildman–Crippen LogP) is 6.33. The average molecular weight is 509 g/mol. The molecule has 0 unspecified atom stereocenters. The molecule has 0 radical (unpaired) electrons. The summed E-state index contributed by atoms with van der Waals surface area (Å²) in [4.78, 5) is 12.8. The zero-order chi connectivity index (χ0) is 24.4. The molecule has 0 saturated carbocycles. The minimum absolute atomic E-state index is 0.321. The van der Waals surface area contributed by atoms with E-state index in [0.717, 1.165) is 40.5 Å². The molecule has 0 fully saturated rings. The molecule has 0 bridgehead atoms. The van der Waals surface area contributed by atoms with Crippen molar-refractivity contribution < 1.29 is 4.74 Å². The van der Waals surface area contributed by atoms with Crippen molar-refractivity contribution in [3.63, 3.8) is 0 Å². The van der Waals surface area contributed by atoms with Gasteiger partial charge in [0.2, 0.25) is 11.8 Å². The van der Waals surface area contributed by atoms with Crippen LogP contribution in [0.5, 0.6) is 11.6 Å². The SMILES string of the molecule is CCn1c(NCc2ccc(Oc3cnc(Cl)cn3)cc2)nc2ccc(Nc3n[nH]c(C)c3Cl)cc21. The van der Waals surface area contributed by atoms with E-state index in [0.29, 0.717) is 34.2 Å². The van der Waals surface area contributed by atoms with Gasteiger partial charge >= 0.3 is 0 Å². The summed E-state index contributed by atoms with van der Waals surface area (Å²) in [6.45, 7) is 5.34. The van der Waals surface area contributed by atoms with E-state index in [1.54, 1.807) is 0 Å². The second-order valence-corrected chi connectivity index (χ2v) is 8.56. The van der Waals surface area contributed by atoms with E-state index in [1.165, 1.54) is 12.4 Å². The molecule has 3 heterocycles. The quantitative estimate of drug-likeness (QED) is 0.224. The highest BCUT2D eigenvalue weighted by Crippen LogP contribution is 2.29. The number of benzene rings is 2. The number of nitrogens with zero attached hydrogens (tertiary/aromatic N) is 5. The van der Waals surface area contributed by atoms with E-state index >= 15 is 0 Å². The largest absolute Gasteiger partial charge is 0.438 e. The summed E-state index contributed by atoms with van der Waals surface area (Å²) >= 11 is 12.1. The van der Waals surface area contributed by atoms with Crippen LogP contribution in [0.1, 0.15) is 18.2 Å². The van der Waals surface area contributed by atoms with Crippen LogP contribution in [0.4, 0.5) is 17.5 Å². The number of aryl methyl sites for hydroxylation is 2. The Labute approximate surface area is 211 Å². The Hall–Kier alpha value is -3.82. The van der Waals surface area contributed by atoms with Crippen molar-refractivity contribution >= 4 is 51.7 Å². The first kappa shape index (κ1) is 22.9. The van der Waals surface area contributed by atoms with Crippen LogP contribution < -0.4 is 15.4 Å². The van der Waals surface area contributed by atoms with Gasteiger partial charge < -0.3 is 19.9 Å². The van der Waals surface area contributed by atoms with Gasteiger partial charge in [-0.2, -0.15) is 5.10 Å². The fourth-order valence-corrected chi connectivity index (χ4v) is 3.85. The lowest BCUT2D eigenvalue weighted by atomic mass is 10.2. The topological polar surface area (TPSA) is 106 Å². The van der Waals surface area contributed by atoms with Gasteiger partial charge in [-0.1, -0.05) is 35.3 Å². The molecule has 35 heavy (non-hydrogen) atoms. The van der Waals surface area contributed by atoms with Gasteiger partial charge in [-0.05, 0) is 49.7 Å². The third-order valence-corrected chi connectivity index (χ3v) is 6.05. The summed E-state index contributed by atoms with van der Waals surface area (Å²) in [6, 6.07) is 13.7. The third-order valence-electron chi connectivity index (χ3n) is 5.39. The number of imidazole rings is 1. The summed E-state index contributed by atoms with van der Waals surface area (Å²) in [6.07, 6.45) is 2.93. The number of anilines is 3. The molecule has 0 amide bonds. The minimum atomic E-state index is 0.321. The highest BCUT2D eigenvalue weighted by atomic mass is 35.5. The number of aromatic amines is 1. The van der Waals surface area contributed by atoms with Crippen LogP contribution in [0, 0.1) is 6.92 Å². The van der Waals surface area contributed by atoms with Crippen LogP contribution in [0.15, 0.2) is 54.9 Å². The number of rotatable bonds is 8. The molecule has 0 saturated heterocycles. The van der Waals surface area contributed by atoms with Crippen molar-refractivity contribution in [3.05, 3.63) is 76.3 Å². The fourth-order valence-electron chi connectivity index (χ4n) is 3.62. The Morgan fingerprint density at radius 2 is 1.89 bits per heavy atom. The smallest absolute Gasteiger partial charge is 0.237 e. The molecule has 5 rings (SSSR count). The number of aromatic nitrogens is 6. The number of H-pyrrole nitrogens is 1. The maximum absolute atomic E-state index is 6.29. The van der Waals surface area contributed by atoms with E-state index in [9.17, 15) is 0 Å². The van der Waals surface area contributed by atoms with Gasteiger partial charge in [-0.25, -0.2) is 15.0 Å². The molecule has 0 spiro atoms. The average Bonchev–Trinajstić information content (AvgIpc) is 3.38. The van der Waals surface area contributed by atoms with Gasteiger partial charge in [-0.15, -0.1) is 0 Å². The molecule has 0 atom stereocenters. The Balaban J connectivity index is 1.29. The zero-order valence-electron chi connectivity index (χ0n) is 19.0. The lowest BCUT2D eigenvalue weighted by Gasteiger charge is -2.10. The van der Waals surface area contributed by atoms with Crippen molar-refractivity contribution in [1.82, 2.24) is 29.7 Å². The fraction of sp³-hybridized carbons (Fsp3) is 0.167. The van der Waals surface area contributed by atoms with Gasteiger partial charge in [0.05, 0.1) is 29.1 Å². The van der Waals surface area contributed by atoms with Crippen molar-refractivity contribution in [2.45, 2.75) is 26.9 Å². The van der Waals surface area contributed by atoms with Crippen molar-refractivity contribution in [1.29, 1.82) is 0 Å². The second kappa shape index (κ2) is 9.81. The lowest BCUT2D eigenvalue weighted by Crippen LogP contribution is -2.06. The van der Waals surface area contributed by atoms with Crippen LogP contribution in [-0.2, 0) is 13.1 Å². The lowest BCUT2D eigenvalue weighted by molar-refractivity contribution is 0.460. The van der Waals surface area contributed by atoms with E-state index in [2.05, 4.69) is 42.3 Å². The first-order chi connectivity index (χ1) is 17.0. The molecule has 9 nitrogen and oxygen atoms in total. The van der Waals surface area contributed by atoms with Gasteiger partial charge in [0.15, 0.2) is 5.82 Å². The van der Waals surface area contributed by atoms with E-state index in [-0.39, 0.29) is 0 Å². The molecule has 2 aromatic carbocycles. The Morgan fingerprint density at radius 3 is 2.57 bits per heavy atom. The van der Waals surface area contributed by atoms with Gasteiger partial charge in [0, 0.05) is 18.8 Å². The minimum Gasteiger partial charge on any atom is -0.438 e. The van der Waals surface area contributed by atoms with Crippen LogP contribution in [-0.4, -0.2) is 29.7 Å². The van der Waals surface area contributed by atoms with Gasteiger partial charge in [0.1, 0.15) is 15.9 Å². The molecule has 3 aromatic heterocycles. The summed E-state index contributed by atoms with van der Waals surface area (Å²) < 4.78 is 7.83. The molecule has 178 valence electrons. The standard InChI is InChI=1S/C24H22Cl2N8O/c1-3-34-19-10-16(30-23-22(26)14(2)32-33-23)6-9-18(19)31-24(34)29-11-15-4-7-17(8-5-15)35-21-13-27-20(25)12-28-21/h4-10,12-13H,3,11H2,1-2H3,(H,29,31)(H2,30,32,33). The number of fused-ring (bicyclic) bond motifs is 1. The number of nitrogens with one attached hydrogen (secondary N) is 3. The number of hydrogen-bond donors (Lipinski definition) is 3. The van der Waals surface area contributed by atoms with E-state index in [4.69, 9.17) is 32.9 Å². The second-order valence-electron chi connectivity index (χ2n) is 7.80. The van der Waals surface area contributed by atoms with Crippen LogP contribution in [0.25, 0.3) is 11.0 Å². The summed E-state index contributed by atoms with van der Waals surface area (Å²) in [5.74, 6) is 2.44. The molecular formula is C24H22Cl2N8O. The predicted molar refractivity (Wildman–Crippen MR) is 138 cm³/mol. The van der Waals surface area contributed by atoms with Gasteiger partial charge in [-0.3, -0.25) is 5.10 Å². The molecule has 3 N–H and O–H groups in total. The summed E-state index contributed by atoms with van der Waals surface area (Å²) in [7, 11) is 0. The molecule has 5 aromatic rings. The normalized spacial score (nSPS) is 11.1. The van der Waals surface area contributed by atoms with E-state index in [1.807, 2.05) is 49.4 Å². The van der Waals surface area contributed by atoms with Crippen LogP contribution in [0.3, 0.4) is 0 Å². The van der Waals surface area contributed by atoms with Crippen molar-refractivity contribution in [3.8, 4) is 11.6 Å². The Kier molecular flexibility index (Phi) is 6.43. The number of halogens is 2. The summed E-state index contributed by atoms with van der Waals surface area (Å²) in [5, 5.41) is 14.7. The van der Waals surface area contributed by atoms with Crippen LogP contribution >= 0.6 is 23.2 Å². The number of hydrogen-bond acceptors (Lipinski definition) is 7. The van der Waals surface area contributed by atoms with Crippen molar-refractivity contribution in [2.24, 2.45) is 0 Å². The summed E-state index contributed by atoms with van der Waals surface area (Å²) in [5.41, 5.74) is 4.69. The Bertz CT molecular complexity index is 1460.